The van der Waals surface area contributed by atoms with E-state index in [0.29, 0.717) is 37.1 Å². The molecule has 222 valence electrons. The zero-order valence-electron chi connectivity index (χ0n) is 24.1. The minimum absolute atomic E-state index is 0.0331. The van der Waals surface area contributed by atoms with Crippen molar-refractivity contribution in [3.05, 3.63) is 136 Å². The number of nitrogens with zero attached hydrogens (tertiary/aromatic N) is 3. The molecule has 1 saturated heterocycles. The summed E-state index contributed by atoms with van der Waals surface area (Å²) in [6.07, 6.45) is 2.62. The van der Waals surface area contributed by atoms with E-state index in [-0.39, 0.29) is 24.8 Å². The first kappa shape index (κ1) is 28.9. The number of carbonyl (C=O) groups excluding carboxylic acids is 4. The summed E-state index contributed by atoms with van der Waals surface area (Å²) in [5, 5.41) is 1.33. The molecule has 3 heterocycles. The van der Waals surface area contributed by atoms with Gasteiger partial charge in [-0.25, -0.2) is 4.79 Å². The smallest absolute Gasteiger partial charge is 0.422 e. The lowest BCUT2D eigenvalue weighted by atomic mass is 9.90. The third kappa shape index (κ3) is 6.58. The number of hydrogen-bond acceptors (Lipinski definition) is 7. The lowest BCUT2D eigenvalue weighted by molar-refractivity contribution is -0.128. The molecular formula is C35H32N4O5. The minimum Gasteiger partial charge on any atom is -0.444 e. The average Bonchev–Trinajstić information content (AvgIpc) is 3.44. The van der Waals surface area contributed by atoms with Crippen molar-refractivity contribution in [1.82, 2.24) is 20.3 Å². The van der Waals surface area contributed by atoms with Gasteiger partial charge in [0.2, 0.25) is 11.7 Å². The number of Topliss-reactive ketones (excluding diaryl/α,β-unsaturated/α-hetero) is 2. The fourth-order valence-corrected chi connectivity index (χ4v) is 5.75. The van der Waals surface area contributed by atoms with Gasteiger partial charge in [-0.3, -0.25) is 24.8 Å². The fourth-order valence-electron chi connectivity index (χ4n) is 5.75. The maximum absolute atomic E-state index is 14.3. The standard InChI is InChI=1S/C35H32N4O5/c40-30-14-8-16-38(30)21-27-18-26(17-24-9-3-1-4-10-24)19-29(20-27)33(41)32-34(42)31-28(13-7-15-36-31)22-39(32)37-35(43)44-23-25-11-5-2-6-12-25/h1-7,9-13,15,18-20,32H,8,14,16-17,21-23H2,(H,37,43). The van der Waals surface area contributed by atoms with E-state index < -0.39 is 23.7 Å². The molecule has 1 N–H and O–H groups in total. The van der Waals surface area contributed by atoms with E-state index >= 15 is 0 Å². The van der Waals surface area contributed by atoms with Crippen LogP contribution in [0.2, 0.25) is 0 Å². The lowest BCUT2D eigenvalue weighted by Gasteiger charge is -2.33. The summed E-state index contributed by atoms with van der Waals surface area (Å²) >= 11 is 0. The molecule has 2 aliphatic rings. The highest BCUT2D eigenvalue weighted by molar-refractivity contribution is 6.20. The van der Waals surface area contributed by atoms with Crippen LogP contribution < -0.4 is 5.43 Å². The Morgan fingerprint density at radius 2 is 1.59 bits per heavy atom. The second-order valence-corrected chi connectivity index (χ2v) is 11.1. The number of hydrazine groups is 1. The number of benzene rings is 3. The normalized spacial score (nSPS) is 16.5. The number of carbonyl (C=O) groups is 4. The van der Waals surface area contributed by atoms with Crippen molar-refractivity contribution < 1.29 is 23.9 Å². The molecule has 0 spiro atoms. The largest absolute Gasteiger partial charge is 0.444 e. The van der Waals surface area contributed by atoms with Crippen molar-refractivity contribution in [2.24, 2.45) is 0 Å². The summed E-state index contributed by atoms with van der Waals surface area (Å²) in [5.41, 5.74) is 7.32. The monoisotopic (exact) mass is 588 g/mol. The van der Waals surface area contributed by atoms with Gasteiger partial charge in [0.1, 0.15) is 12.3 Å². The molecule has 1 fully saturated rings. The summed E-state index contributed by atoms with van der Waals surface area (Å²) in [7, 11) is 0. The van der Waals surface area contributed by atoms with Gasteiger partial charge in [0, 0.05) is 37.8 Å². The summed E-state index contributed by atoms with van der Waals surface area (Å²) in [6, 6.07) is 26.8. The molecule has 0 aliphatic carbocycles. The third-order valence-electron chi connectivity index (χ3n) is 7.85. The molecule has 4 aromatic rings. The Hall–Kier alpha value is -5.15. The van der Waals surface area contributed by atoms with Crippen molar-refractivity contribution in [1.29, 1.82) is 0 Å². The second kappa shape index (κ2) is 13.0. The van der Waals surface area contributed by atoms with Crippen LogP contribution in [0.25, 0.3) is 0 Å². The van der Waals surface area contributed by atoms with Gasteiger partial charge >= 0.3 is 6.09 Å². The SMILES string of the molecule is O=C(NN1Cc2cccnc2C(=O)C1C(=O)c1cc(Cc2ccccc2)cc(CN2CCCC2=O)c1)OCc1ccccc1. The Bertz CT molecular complexity index is 1690. The highest BCUT2D eigenvalue weighted by atomic mass is 16.6. The second-order valence-electron chi connectivity index (χ2n) is 11.1. The Balaban J connectivity index is 1.31. The van der Waals surface area contributed by atoms with Crippen LogP contribution in [-0.2, 0) is 35.6 Å². The molecule has 0 bridgehead atoms. The van der Waals surface area contributed by atoms with Crippen LogP contribution in [-0.4, -0.2) is 51.0 Å². The molecular weight excluding hydrogens is 556 g/mol. The number of rotatable bonds is 9. The van der Waals surface area contributed by atoms with E-state index in [1.165, 1.54) is 11.2 Å². The van der Waals surface area contributed by atoms with Crippen molar-refractivity contribution in [3.8, 4) is 0 Å². The number of pyridine rings is 1. The van der Waals surface area contributed by atoms with E-state index in [9.17, 15) is 19.2 Å². The number of hydrogen-bond donors (Lipinski definition) is 1. The molecule has 3 aromatic carbocycles. The molecule has 6 rings (SSSR count). The highest BCUT2D eigenvalue weighted by Crippen LogP contribution is 2.26. The molecule has 44 heavy (non-hydrogen) atoms. The van der Waals surface area contributed by atoms with Crippen molar-refractivity contribution in [2.45, 2.75) is 45.0 Å². The molecule has 2 amide bonds. The van der Waals surface area contributed by atoms with Gasteiger partial charge in [-0.2, -0.15) is 5.01 Å². The van der Waals surface area contributed by atoms with Gasteiger partial charge in [0.15, 0.2) is 11.8 Å². The van der Waals surface area contributed by atoms with E-state index in [0.717, 1.165) is 28.7 Å². The van der Waals surface area contributed by atoms with E-state index in [4.69, 9.17) is 4.74 Å². The van der Waals surface area contributed by atoms with Crippen molar-refractivity contribution in [2.75, 3.05) is 6.54 Å². The zero-order valence-corrected chi connectivity index (χ0v) is 24.1. The number of likely N-dealkylation sites (tertiary alicyclic amines) is 1. The van der Waals surface area contributed by atoms with Crippen molar-refractivity contribution >= 4 is 23.6 Å². The van der Waals surface area contributed by atoms with Crippen LogP contribution in [0.1, 0.15) is 61.5 Å². The number of amides is 2. The Kier molecular flexibility index (Phi) is 8.56. The van der Waals surface area contributed by atoms with Gasteiger partial charge < -0.3 is 9.64 Å². The first-order chi connectivity index (χ1) is 21.4. The first-order valence-electron chi connectivity index (χ1n) is 14.7. The number of nitrogens with one attached hydrogen (secondary N) is 1. The van der Waals surface area contributed by atoms with Crippen LogP contribution in [0.15, 0.2) is 97.2 Å². The van der Waals surface area contributed by atoms with Crippen LogP contribution in [0.4, 0.5) is 4.79 Å². The average molecular weight is 589 g/mol. The molecule has 1 aromatic heterocycles. The highest BCUT2D eigenvalue weighted by Gasteiger charge is 2.41. The number of ether oxygens (including phenoxy) is 1. The Labute approximate surface area is 255 Å². The predicted octanol–water partition coefficient (Wildman–Crippen LogP) is 4.89. The van der Waals surface area contributed by atoms with Gasteiger partial charge in [0.05, 0.1) is 0 Å². The summed E-state index contributed by atoms with van der Waals surface area (Å²) < 4.78 is 5.41. The number of aromatic nitrogens is 1. The van der Waals surface area contributed by atoms with Crippen LogP contribution in [0.3, 0.4) is 0 Å². The van der Waals surface area contributed by atoms with Crippen LogP contribution >= 0.6 is 0 Å². The predicted molar refractivity (Wildman–Crippen MR) is 162 cm³/mol. The summed E-state index contributed by atoms with van der Waals surface area (Å²) in [4.78, 5) is 59.5. The molecule has 0 saturated carbocycles. The van der Waals surface area contributed by atoms with Crippen LogP contribution in [0, 0.1) is 0 Å². The molecule has 1 unspecified atom stereocenters. The van der Waals surface area contributed by atoms with E-state index in [1.807, 2.05) is 66.7 Å². The molecule has 9 heteroatoms. The summed E-state index contributed by atoms with van der Waals surface area (Å²) in [6.45, 7) is 1.16. The first-order valence-corrected chi connectivity index (χ1v) is 14.7. The quantitative estimate of drug-likeness (QED) is 0.219. The number of fused-ring (bicyclic) bond motifs is 1. The van der Waals surface area contributed by atoms with Gasteiger partial charge in [0.25, 0.3) is 0 Å². The Morgan fingerprint density at radius 3 is 2.32 bits per heavy atom. The van der Waals surface area contributed by atoms with E-state index in [2.05, 4.69) is 10.4 Å². The zero-order chi connectivity index (χ0) is 30.5. The molecule has 9 nitrogen and oxygen atoms in total. The van der Waals surface area contributed by atoms with Gasteiger partial charge in [-0.15, -0.1) is 0 Å². The Morgan fingerprint density at radius 1 is 0.864 bits per heavy atom. The van der Waals surface area contributed by atoms with Crippen molar-refractivity contribution in [3.63, 3.8) is 0 Å². The third-order valence-corrected chi connectivity index (χ3v) is 7.85. The summed E-state index contributed by atoms with van der Waals surface area (Å²) in [5.74, 6) is -0.899. The van der Waals surface area contributed by atoms with Gasteiger partial charge in [-0.05, 0) is 58.9 Å². The number of ketones is 2. The molecule has 2 aliphatic heterocycles. The topological polar surface area (TPSA) is 109 Å². The maximum Gasteiger partial charge on any atom is 0.422 e. The van der Waals surface area contributed by atoms with Crippen LogP contribution in [0.5, 0.6) is 0 Å². The minimum atomic E-state index is -1.35. The fraction of sp³-hybridized carbons (Fsp3) is 0.229. The molecule has 0 radical (unpaired) electrons. The lowest BCUT2D eigenvalue weighted by Crippen LogP contribution is -2.57. The maximum atomic E-state index is 14.3. The van der Waals surface area contributed by atoms with Gasteiger partial charge in [-0.1, -0.05) is 72.8 Å². The van der Waals surface area contributed by atoms with E-state index in [1.54, 1.807) is 29.2 Å². The molecule has 1 atom stereocenters.